The lowest BCUT2D eigenvalue weighted by Gasteiger charge is -2.09. The minimum Gasteiger partial charge on any atom is -0.437 e. The Labute approximate surface area is 122 Å². The lowest BCUT2D eigenvalue weighted by Crippen LogP contribution is -1.95. The molecule has 19 heavy (non-hydrogen) atoms. The highest BCUT2D eigenvalue weighted by Crippen LogP contribution is 2.33. The highest BCUT2D eigenvalue weighted by atomic mass is 79.9. The third-order valence-electron chi connectivity index (χ3n) is 2.33. The van der Waals surface area contributed by atoms with Crippen LogP contribution < -0.4 is 4.74 Å². The van der Waals surface area contributed by atoms with Gasteiger partial charge in [0.2, 0.25) is 5.88 Å². The van der Waals surface area contributed by atoms with Crippen molar-refractivity contribution >= 4 is 33.2 Å². The van der Waals surface area contributed by atoms with Gasteiger partial charge in [0.15, 0.2) is 0 Å². The van der Waals surface area contributed by atoms with Gasteiger partial charge < -0.3 is 4.74 Å². The molecule has 1 aromatic heterocycles. The predicted molar refractivity (Wildman–Crippen MR) is 74.9 cm³/mol. The van der Waals surface area contributed by atoms with Crippen LogP contribution in [0.3, 0.4) is 0 Å². The lowest BCUT2D eigenvalue weighted by atomic mass is 10.3. The summed E-state index contributed by atoms with van der Waals surface area (Å²) in [7, 11) is 0. The maximum atomic E-state index is 10.6. The summed E-state index contributed by atoms with van der Waals surface area (Å²) in [6.45, 7) is 1.68. The van der Waals surface area contributed by atoms with Crippen LogP contribution in [-0.4, -0.2) is 9.91 Å². The molecule has 0 amide bonds. The predicted octanol–water partition coefficient (Wildman–Crippen LogP) is 4.51. The topological polar surface area (TPSA) is 65.3 Å². The zero-order valence-corrected chi connectivity index (χ0v) is 12.1. The first-order chi connectivity index (χ1) is 8.97. The molecule has 0 saturated carbocycles. The van der Waals surface area contributed by atoms with Crippen molar-refractivity contribution in [2.45, 2.75) is 6.92 Å². The molecule has 1 heterocycles. The van der Waals surface area contributed by atoms with Gasteiger partial charge in [0.1, 0.15) is 11.9 Å². The Morgan fingerprint density at radius 2 is 2.16 bits per heavy atom. The molecule has 98 valence electrons. The highest BCUT2D eigenvalue weighted by molar-refractivity contribution is 9.10. The molecule has 0 radical (unpaired) electrons. The summed E-state index contributed by atoms with van der Waals surface area (Å²) in [5, 5.41) is 11.1. The van der Waals surface area contributed by atoms with Gasteiger partial charge in [-0.25, -0.2) is 4.98 Å². The molecule has 0 spiro atoms. The van der Waals surface area contributed by atoms with E-state index < -0.39 is 4.92 Å². The maximum Gasteiger partial charge on any atom is 0.288 e. The molecule has 0 unspecified atom stereocenters. The van der Waals surface area contributed by atoms with Gasteiger partial charge in [0.25, 0.3) is 5.69 Å². The normalized spacial score (nSPS) is 10.3. The highest BCUT2D eigenvalue weighted by Gasteiger charge is 2.12. The van der Waals surface area contributed by atoms with Crippen LogP contribution in [0.15, 0.2) is 34.9 Å². The van der Waals surface area contributed by atoms with Crippen LogP contribution in [0.1, 0.15) is 5.56 Å². The first kappa shape index (κ1) is 13.8. The number of nitrogens with zero attached hydrogens (tertiary/aromatic N) is 2. The summed E-state index contributed by atoms with van der Waals surface area (Å²) in [5.41, 5.74) is 0.482. The van der Waals surface area contributed by atoms with Crippen LogP contribution in [0, 0.1) is 17.0 Å². The second kappa shape index (κ2) is 5.54. The van der Waals surface area contributed by atoms with Crippen LogP contribution in [0.4, 0.5) is 5.69 Å². The molecule has 2 aromatic rings. The number of aromatic nitrogens is 1. The van der Waals surface area contributed by atoms with Crippen molar-refractivity contribution in [3.05, 3.63) is 55.6 Å². The largest absolute Gasteiger partial charge is 0.437 e. The van der Waals surface area contributed by atoms with Gasteiger partial charge in [-0.3, -0.25) is 10.1 Å². The van der Waals surface area contributed by atoms with Crippen LogP contribution in [0.2, 0.25) is 5.02 Å². The van der Waals surface area contributed by atoms with Crippen LogP contribution in [0.25, 0.3) is 0 Å². The van der Waals surface area contributed by atoms with Crippen molar-refractivity contribution in [3.8, 4) is 11.6 Å². The standard InChI is InChI=1S/C12H8BrClN2O3/c1-7-4-9(16(17)18)6-15-12(7)19-11-5-8(13)2-3-10(11)14/h2-6H,1H3. The Bertz CT molecular complexity index is 649. The van der Waals surface area contributed by atoms with E-state index in [0.29, 0.717) is 16.3 Å². The monoisotopic (exact) mass is 342 g/mol. The molecular formula is C12H8BrClN2O3. The second-order valence-electron chi connectivity index (χ2n) is 3.75. The van der Waals surface area contributed by atoms with E-state index in [1.165, 1.54) is 6.07 Å². The molecule has 7 heteroatoms. The third-order valence-corrected chi connectivity index (χ3v) is 3.13. The van der Waals surface area contributed by atoms with Gasteiger partial charge in [0, 0.05) is 16.1 Å². The molecule has 0 saturated heterocycles. The van der Waals surface area contributed by atoms with Crippen molar-refractivity contribution in [2.24, 2.45) is 0 Å². The summed E-state index contributed by atoms with van der Waals surface area (Å²) < 4.78 is 6.37. The summed E-state index contributed by atoms with van der Waals surface area (Å²) in [4.78, 5) is 14.0. The number of aryl methyl sites for hydroxylation is 1. The molecule has 5 nitrogen and oxygen atoms in total. The number of hydrogen-bond donors (Lipinski definition) is 0. The smallest absolute Gasteiger partial charge is 0.288 e. The number of ether oxygens (including phenoxy) is 1. The summed E-state index contributed by atoms with van der Waals surface area (Å²) >= 11 is 9.31. The molecular weight excluding hydrogens is 336 g/mol. The quantitative estimate of drug-likeness (QED) is 0.607. The Hall–Kier alpha value is -1.66. The van der Waals surface area contributed by atoms with E-state index in [9.17, 15) is 10.1 Å². The molecule has 0 fully saturated rings. The van der Waals surface area contributed by atoms with E-state index in [1.807, 2.05) is 0 Å². The molecule has 0 bridgehead atoms. The van der Waals surface area contributed by atoms with Gasteiger partial charge in [-0.05, 0) is 25.1 Å². The number of pyridine rings is 1. The fraction of sp³-hybridized carbons (Fsp3) is 0.0833. The van der Waals surface area contributed by atoms with Gasteiger partial charge in [0.05, 0.1) is 9.95 Å². The molecule has 0 atom stereocenters. The van der Waals surface area contributed by atoms with Crippen LogP contribution in [0.5, 0.6) is 11.6 Å². The SMILES string of the molecule is Cc1cc([N+](=O)[O-])cnc1Oc1cc(Br)ccc1Cl. The minimum absolute atomic E-state index is 0.0785. The number of benzene rings is 1. The average Bonchev–Trinajstić information content (AvgIpc) is 2.36. The van der Waals surface area contributed by atoms with Crippen LogP contribution in [-0.2, 0) is 0 Å². The van der Waals surface area contributed by atoms with Crippen molar-refractivity contribution in [3.63, 3.8) is 0 Å². The molecule has 2 rings (SSSR count). The second-order valence-corrected chi connectivity index (χ2v) is 5.07. The van der Waals surface area contributed by atoms with E-state index in [4.69, 9.17) is 16.3 Å². The Balaban J connectivity index is 2.33. The Morgan fingerprint density at radius 3 is 2.79 bits per heavy atom. The fourth-order valence-corrected chi connectivity index (χ4v) is 1.91. The van der Waals surface area contributed by atoms with Crippen LogP contribution >= 0.6 is 27.5 Å². The molecule has 1 aromatic carbocycles. The zero-order chi connectivity index (χ0) is 14.0. The van der Waals surface area contributed by atoms with E-state index in [1.54, 1.807) is 25.1 Å². The van der Waals surface area contributed by atoms with Gasteiger partial charge in [-0.15, -0.1) is 0 Å². The van der Waals surface area contributed by atoms with E-state index in [0.717, 1.165) is 10.7 Å². The summed E-state index contributed by atoms with van der Waals surface area (Å²) in [6.07, 6.45) is 1.15. The number of hydrogen-bond acceptors (Lipinski definition) is 4. The lowest BCUT2D eigenvalue weighted by molar-refractivity contribution is -0.385. The first-order valence-corrected chi connectivity index (χ1v) is 6.38. The molecule has 0 N–H and O–H groups in total. The Morgan fingerprint density at radius 1 is 1.42 bits per heavy atom. The van der Waals surface area contributed by atoms with Gasteiger partial charge in [-0.2, -0.15) is 0 Å². The van der Waals surface area contributed by atoms with Crippen molar-refractivity contribution < 1.29 is 9.66 Å². The minimum atomic E-state index is -0.504. The van der Waals surface area contributed by atoms with E-state index in [2.05, 4.69) is 20.9 Å². The third kappa shape index (κ3) is 3.21. The number of halogens is 2. The molecule has 0 aliphatic carbocycles. The first-order valence-electron chi connectivity index (χ1n) is 5.21. The number of nitro groups is 1. The van der Waals surface area contributed by atoms with Crippen molar-refractivity contribution in [1.29, 1.82) is 0 Å². The fourth-order valence-electron chi connectivity index (χ4n) is 1.41. The summed E-state index contributed by atoms with van der Waals surface area (Å²) in [5.74, 6) is 0.714. The molecule has 0 aliphatic heterocycles. The van der Waals surface area contributed by atoms with Crippen molar-refractivity contribution in [2.75, 3.05) is 0 Å². The summed E-state index contributed by atoms with van der Waals surface area (Å²) in [6, 6.07) is 6.56. The van der Waals surface area contributed by atoms with Gasteiger partial charge in [-0.1, -0.05) is 27.5 Å². The zero-order valence-electron chi connectivity index (χ0n) is 9.76. The molecule has 0 aliphatic rings. The van der Waals surface area contributed by atoms with E-state index in [-0.39, 0.29) is 11.6 Å². The van der Waals surface area contributed by atoms with Crippen molar-refractivity contribution in [1.82, 2.24) is 4.98 Å². The van der Waals surface area contributed by atoms with Gasteiger partial charge >= 0.3 is 0 Å². The average molecular weight is 344 g/mol. The number of rotatable bonds is 3. The maximum absolute atomic E-state index is 10.6. The van der Waals surface area contributed by atoms with E-state index >= 15 is 0 Å². The Kier molecular flexibility index (Phi) is 4.01.